The van der Waals surface area contributed by atoms with Gasteiger partial charge in [0.2, 0.25) is 5.95 Å². The highest BCUT2D eigenvalue weighted by atomic mass is 15.2. The van der Waals surface area contributed by atoms with Crippen molar-refractivity contribution < 1.29 is 0 Å². The van der Waals surface area contributed by atoms with Crippen LogP contribution in [0.4, 0.5) is 0 Å². The second kappa shape index (κ2) is 11.6. The first kappa shape index (κ1) is 30.8. The molecule has 10 aromatic rings. The Balaban J connectivity index is 1.18. The Hall–Kier alpha value is -6.84. The van der Waals surface area contributed by atoms with Crippen molar-refractivity contribution >= 4 is 43.5 Å². The highest BCUT2D eigenvalue weighted by Gasteiger charge is 2.35. The van der Waals surface area contributed by atoms with E-state index < -0.39 is 0 Å². The average molecular weight is 690 g/mol. The highest BCUT2D eigenvalue weighted by molar-refractivity contribution is 6.14. The van der Waals surface area contributed by atoms with E-state index in [0.717, 1.165) is 44.3 Å². The Kier molecular flexibility index (Phi) is 6.60. The number of fused-ring (bicyclic) bond motifs is 8. The quantitative estimate of drug-likeness (QED) is 0.184. The monoisotopic (exact) mass is 689 g/mol. The van der Waals surface area contributed by atoms with Gasteiger partial charge in [0, 0.05) is 27.1 Å². The molecule has 254 valence electrons. The van der Waals surface area contributed by atoms with Gasteiger partial charge in [-0.1, -0.05) is 153 Å². The van der Waals surface area contributed by atoms with Crippen LogP contribution in [0.3, 0.4) is 0 Å². The Morgan fingerprint density at radius 2 is 1.00 bits per heavy atom. The lowest BCUT2D eigenvalue weighted by Crippen LogP contribution is -2.14. The van der Waals surface area contributed by atoms with Crippen LogP contribution in [-0.2, 0) is 5.41 Å². The van der Waals surface area contributed by atoms with E-state index in [9.17, 15) is 0 Å². The van der Waals surface area contributed by atoms with Gasteiger partial charge in [0.1, 0.15) is 0 Å². The summed E-state index contributed by atoms with van der Waals surface area (Å²) in [6.07, 6.45) is 0. The van der Waals surface area contributed by atoms with Crippen LogP contribution in [-0.4, -0.2) is 14.5 Å². The van der Waals surface area contributed by atoms with E-state index in [1.54, 1.807) is 0 Å². The third kappa shape index (κ3) is 4.61. The van der Waals surface area contributed by atoms with Crippen molar-refractivity contribution in [1.82, 2.24) is 14.5 Å². The summed E-state index contributed by atoms with van der Waals surface area (Å²) in [6, 6.07) is 63.6. The van der Waals surface area contributed by atoms with Crippen LogP contribution in [0.1, 0.15) is 25.0 Å². The lowest BCUT2D eigenvalue weighted by atomic mass is 9.82. The van der Waals surface area contributed by atoms with Crippen molar-refractivity contribution in [3.8, 4) is 50.6 Å². The van der Waals surface area contributed by atoms with Crippen molar-refractivity contribution in [3.05, 3.63) is 187 Å². The van der Waals surface area contributed by atoms with Gasteiger partial charge in [0.15, 0.2) is 0 Å². The molecule has 0 aliphatic heterocycles. The largest absolute Gasteiger partial charge is 0.278 e. The van der Waals surface area contributed by atoms with Crippen LogP contribution in [0.2, 0.25) is 0 Å². The molecule has 0 spiro atoms. The Morgan fingerprint density at radius 1 is 0.407 bits per heavy atom. The van der Waals surface area contributed by atoms with Crippen molar-refractivity contribution in [2.24, 2.45) is 0 Å². The van der Waals surface area contributed by atoms with Gasteiger partial charge in [-0.3, -0.25) is 4.57 Å². The normalized spacial score (nSPS) is 13.1. The summed E-state index contributed by atoms with van der Waals surface area (Å²) in [6.45, 7) is 4.66. The first-order chi connectivity index (χ1) is 26.5. The summed E-state index contributed by atoms with van der Waals surface area (Å²) in [7, 11) is 0. The molecular formula is C51H35N3. The fourth-order valence-corrected chi connectivity index (χ4v) is 8.84. The van der Waals surface area contributed by atoms with Crippen molar-refractivity contribution in [1.29, 1.82) is 0 Å². The van der Waals surface area contributed by atoms with E-state index in [1.165, 1.54) is 54.9 Å². The predicted molar refractivity (Wildman–Crippen MR) is 225 cm³/mol. The predicted octanol–water partition coefficient (Wildman–Crippen LogP) is 13.2. The van der Waals surface area contributed by atoms with Crippen LogP contribution in [0.25, 0.3) is 94.1 Å². The molecule has 11 rings (SSSR count). The number of aromatic nitrogens is 3. The topological polar surface area (TPSA) is 30.7 Å². The van der Waals surface area contributed by atoms with Crippen molar-refractivity contribution in [2.45, 2.75) is 19.3 Å². The van der Waals surface area contributed by atoms with Crippen molar-refractivity contribution in [2.75, 3.05) is 0 Å². The average Bonchev–Trinajstić information content (AvgIpc) is 3.66. The van der Waals surface area contributed by atoms with E-state index in [1.807, 2.05) is 0 Å². The summed E-state index contributed by atoms with van der Waals surface area (Å²) >= 11 is 0. The lowest BCUT2D eigenvalue weighted by molar-refractivity contribution is 0.660. The summed E-state index contributed by atoms with van der Waals surface area (Å²) < 4.78 is 2.27. The van der Waals surface area contributed by atoms with E-state index in [4.69, 9.17) is 9.97 Å². The minimum atomic E-state index is -0.0332. The van der Waals surface area contributed by atoms with E-state index in [2.05, 4.69) is 194 Å². The first-order valence-corrected chi connectivity index (χ1v) is 18.7. The standard InChI is InChI=1S/C51H35N3/c1-51(2)44-20-12-11-19-39(44)42-27-36(23-26-45(42)51)37-22-25-41-46(29-37)52-50(53-49(41)33-15-7-4-8-16-33)54-47-31-38(32-13-5-3-6-14-32)21-24-40(47)43-28-34-17-9-10-18-35(34)30-48(43)54/h3-31H,1-2H3. The van der Waals surface area contributed by atoms with Crippen LogP contribution in [0.15, 0.2) is 176 Å². The summed E-state index contributed by atoms with van der Waals surface area (Å²) in [5.74, 6) is 0.656. The van der Waals surface area contributed by atoms with Gasteiger partial charge in [-0.15, -0.1) is 0 Å². The van der Waals surface area contributed by atoms with Crippen LogP contribution < -0.4 is 0 Å². The smallest absolute Gasteiger partial charge is 0.235 e. The second-order valence-corrected chi connectivity index (χ2v) is 15.1. The molecule has 0 saturated carbocycles. The zero-order valence-electron chi connectivity index (χ0n) is 30.1. The third-order valence-electron chi connectivity index (χ3n) is 11.6. The Bertz CT molecular complexity index is 3120. The molecule has 3 heteroatoms. The van der Waals surface area contributed by atoms with Gasteiger partial charge in [-0.05, 0) is 91.7 Å². The molecule has 3 nitrogen and oxygen atoms in total. The van der Waals surface area contributed by atoms with E-state index in [-0.39, 0.29) is 5.41 Å². The lowest BCUT2D eigenvalue weighted by Gasteiger charge is -2.21. The number of hydrogen-bond donors (Lipinski definition) is 0. The zero-order valence-corrected chi connectivity index (χ0v) is 30.1. The molecular weight excluding hydrogens is 655 g/mol. The van der Waals surface area contributed by atoms with E-state index >= 15 is 0 Å². The molecule has 0 radical (unpaired) electrons. The molecule has 1 aliphatic carbocycles. The molecule has 0 N–H and O–H groups in total. The third-order valence-corrected chi connectivity index (χ3v) is 11.6. The summed E-state index contributed by atoms with van der Waals surface area (Å²) in [5.41, 5.74) is 15.1. The number of benzene rings is 8. The van der Waals surface area contributed by atoms with E-state index in [0.29, 0.717) is 5.95 Å². The summed E-state index contributed by atoms with van der Waals surface area (Å²) in [4.78, 5) is 10.9. The van der Waals surface area contributed by atoms with Gasteiger partial charge >= 0.3 is 0 Å². The molecule has 0 unspecified atom stereocenters. The van der Waals surface area contributed by atoms with Gasteiger partial charge in [-0.25, -0.2) is 9.97 Å². The molecule has 2 aromatic heterocycles. The molecule has 2 heterocycles. The fourth-order valence-electron chi connectivity index (χ4n) is 8.84. The van der Waals surface area contributed by atoms with Gasteiger partial charge in [0.25, 0.3) is 0 Å². The SMILES string of the molecule is CC1(C)c2ccccc2-c2cc(-c3ccc4c(-c5ccccc5)nc(-n5c6cc(-c7ccccc7)ccc6c6cc7ccccc7cc65)nc4c3)ccc21. The minimum absolute atomic E-state index is 0.0332. The Labute approximate surface area is 313 Å². The van der Waals surface area contributed by atoms with Crippen molar-refractivity contribution in [3.63, 3.8) is 0 Å². The molecule has 0 atom stereocenters. The first-order valence-electron chi connectivity index (χ1n) is 18.7. The van der Waals surface area contributed by atoms with Crippen LogP contribution in [0, 0.1) is 0 Å². The maximum Gasteiger partial charge on any atom is 0.235 e. The van der Waals surface area contributed by atoms with Gasteiger partial charge in [0.05, 0.1) is 22.2 Å². The molecule has 0 saturated heterocycles. The maximum atomic E-state index is 5.46. The summed E-state index contributed by atoms with van der Waals surface area (Å²) in [5, 5.41) is 5.78. The molecule has 0 amide bonds. The number of nitrogens with zero attached hydrogens (tertiary/aromatic N) is 3. The maximum absolute atomic E-state index is 5.46. The number of rotatable bonds is 4. The molecule has 54 heavy (non-hydrogen) atoms. The second-order valence-electron chi connectivity index (χ2n) is 15.1. The Morgan fingerprint density at radius 3 is 1.80 bits per heavy atom. The fraction of sp³-hybridized carbons (Fsp3) is 0.0588. The zero-order chi connectivity index (χ0) is 36.0. The molecule has 8 aromatic carbocycles. The molecule has 0 fully saturated rings. The molecule has 0 bridgehead atoms. The molecule has 1 aliphatic rings. The van der Waals surface area contributed by atoms with Crippen LogP contribution >= 0.6 is 0 Å². The van der Waals surface area contributed by atoms with Gasteiger partial charge in [-0.2, -0.15) is 0 Å². The van der Waals surface area contributed by atoms with Gasteiger partial charge < -0.3 is 0 Å². The number of hydrogen-bond acceptors (Lipinski definition) is 2. The van der Waals surface area contributed by atoms with Crippen LogP contribution in [0.5, 0.6) is 0 Å². The highest BCUT2D eigenvalue weighted by Crippen LogP contribution is 2.49. The minimum Gasteiger partial charge on any atom is -0.278 e.